The van der Waals surface area contributed by atoms with E-state index >= 15 is 0 Å². The summed E-state index contributed by atoms with van der Waals surface area (Å²) in [4.78, 5) is 2.52. The van der Waals surface area contributed by atoms with Crippen molar-refractivity contribution >= 4 is 27.8 Å². The van der Waals surface area contributed by atoms with Gasteiger partial charge in [0.2, 0.25) is 0 Å². The van der Waals surface area contributed by atoms with E-state index in [0.29, 0.717) is 0 Å². The second kappa shape index (κ2) is 9.69. The lowest BCUT2D eigenvalue weighted by Crippen LogP contribution is -2.55. The maximum atomic E-state index is 2.62. The fourth-order valence-electron chi connectivity index (χ4n) is 10.6. The molecule has 4 fully saturated rings. The predicted molar refractivity (Wildman–Crippen MR) is 187 cm³/mol. The van der Waals surface area contributed by atoms with Crippen LogP contribution in [0.5, 0.6) is 0 Å². The van der Waals surface area contributed by atoms with Crippen LogP contribution in [0.25, 0.3) is 33.0 Å². The van der Waals surface area contributed by atoms with E-state index in [1.807, 2.05) is 0 Å². The molecule has 11 rings (SSSR count). The molecule has 45 heavy (non-hydrogen) atoms. The summed E-state index contributed by atoms with van der Waals surface area (Å²) in [7, 11) is 0. The highest BCUT2D eigenvalue weighted by molar-refractivity contribution is 6.06. The number of hydrogen-bond donors (Lipinski definition) is 0. The smallest absolute Gasteiger partial charge is 0.0540 e. The first kappa shape index (κ1) is 25.7. The van der Waals surface area contributed by atoms with Crippen molar-refractivity contribution in [3.63, 3.8) is 0 Å². The minimum absolute atomic E-state index is 0.150. The van der Waals surface area contributed by atoms with E-state index in [2.05, 4.69) is 144 Å². The van der Waals surface area contributed by atoms with Crippen LogP contribution in [-0.4, -0.2) is 0 Å². The van der Waals surface area contributed by atoms with E-state index in [1.54, 1.807) is 11.1 Å². The van der Waals surface area contributed by atoms with Crippen molar-refractivity contribution in [2.45, 2.75) is 37.5 Å². The quantitative estimate of drug-likeness (QED) is 0.201. The van der Waals surface area contributed by atoms with E-state index in [9.17, 15) is 0 Å². The number of anilines is 3. The number of para-hydroxylation sites is 1. The Morgan fingerprint density at radius 1 is 0.444 bits per heavy atom. The molecule has 6 aromatic carbocycles. The van der Waals surface area contributed by atoms with Crippen LogP contribution in [0, 0.1) is 23.7 Å². The molecule has 5 aliphatic carbocycles. The summed E-state index contributed by atoms with van der Waals surface area (Å²) >= 11 is 0. The normalized spacial score (nSPS) is 25.4. The van der Waals surface area contributed by atoms with Gasteiger partial charge in [0.15, 0.2) is 0 Å². The summed E-state index contributed by atoms with van der Waals surface area (Å²) in [5.41, 5.74) is 12.5. The Hall–Kier alpha value is -4.62. The van der Waals surface area contributed by atoms with Crippen LogP contribution in [0.3, 0.4) is 0 Å². The fourth-order valence-corrected chi connectivity index (χ4v) is 10.6. The molecule has 4 bridgehead atoms. The minimum Gasteiger partial charge on any atom is -0.310 e. The van der Waals surface area contributed by atoms with Crippen molar-refractivity contribution in [2.75, 3.05) is 4.90 Å². The maximum absolute atomic E-state index is 2.62. The summed E-state index contributed by atoms with van der Waals surface area (Å²) in [6.45, 7) is 0. The number of benzene rings is 6. The summed E-state index contributed by atoms with van der Waals surface area (Å²) < 4.78 is 0. The molecule has 6 aromatic rings. The number of nitrogens with zero attached hydrogens (tertiary/aromatic N) is 1. The molecule has 0 aliphatic heterocycles. The number of rotatable bonds is 4. The molecule has 0 aromatic heterocycles. The van der Waals surface area contributed by atoms with Gasteiger partial charge in [0.1, 0.15) is 0 Å². The molecule has 0 heterocycles. The molecule has 0 N–H and O–H groups in total. The van der Waals surface area contributed by atoms with E-state index in [-0.39, 0.29) is 5.41 Å². The zero-order chi connectivity index (χ0) is 29.5. The van der Waals surface area contributed by atoms with Gasteiger partial charge in [-0.15, -0.1) is 0 Å². The van der Waals surface area contributed by atoms with Crippen LogP contribution in [0.4, 0.5) is 17.1 Å². The second-order valence-corrected chi connectivity index (χ2v) is 14.2. The first-order valence-electron chi connectivity index (χ1n) is 17.0. The topological polar surface area (TPSA) is 3.24 Å². The number of fused-ring (bicyclic) bond motifs is 4. The highest BCUT2D eigenvalue weighted by Crippen LogP contribution is 2.69. The Kier molecular flexibility index (Phi) is 5.53. The van der Waals surface area contributed by atoms with Gasteiger partial charge in [-0.25, -0.2) is 0 Å². The van der Waals surface area contributed by atoms with E-state index in [4.69, 9.17) is 0 Å². The highest BCUT2D eigenvalue weighted by atomic mass is 15.1. The van der Waals surface area contributed by atoms with Crippen molar-refractivity contribution in [3.8, 4) is 22.3 Å². The van der Waals surface area contributed by atoms with Crippen molar-refractivity contribution in [3.05, 3.63) is 151 Å². The molecule has 1 spiro atoms. The Morgan fingerprint density at radius 3 is 1.80 bits per heavy atom. The van der Waals surface area contributed by atoms with Crippen molar-refractivity contribution in [1.82, 2.24) is 0 Å². The zero-order valence-electron chi connectivity index (χ0n) is 25.6. The lowest BCUT2D eigenvalue weighted by molar-refractivity contribution is -0.0399. The van der Waals surface area contributed by atoms with Crippen LogP contribution in [0.15, 0.2) is 140 Å². The average molecular weight is 580 g/mol. The minimum atomic E-state index is 0.150. The Bertz CT molecular complexity index is 2050. The zero-order valence-corrected chi connectivity index (χ0v) is 25.6. The SMILES string of the molecule is c1ccc(-c2ccc(N(c3ccccc3)c3ccc4c(c3)C3(c5ccccc5-4)C4CC5CC(C4)CC3C5)c3ccccc23)cc1. The van der Waals surface area contributed by atoms with Crippen molar-refractivity contribution in [2.24, 2.45) is 23.7 Å². The largest absolute Gasteiger partial charge is 0.310 e. The van der Waals surface area contributed by atoms with Gasteiger partial charge in [-0.2, -0.15) is 0 Å². The summed E-state index contributed by atoms with van der Waals surface area (Å²) in [6.07, 6.45) is 7.08. The first-order chi connectivity index (χ1) is 22.3. The molecule has 0 amide bonds. The van der Waals surface area contributed by atoms with Gasteiger partial charge in [0.05, 0.1) is 5.69 Å². The summed E-state index contributed by atoms with van der Waals surface area (Å²) in [5.74, 6) is 3.38. The molecule has 1 nitrogen and oxygen atoms in total. The third kappa shape index (κ3) is 3.61. The molecule has 0 radical (unpaired) electrons. The summed E-state index contributed by atoms with van der Waals surface area (Å²) in [5, 5.41) is 2.56. The van der Waals surface area contributed by atoms with E-state index in [1.165, 1.54) is 82.2 Å². The van der Waals surface area contributed by atoms with Crippen LogP contribution in [0.1, 0.15) is 43.2 Å². The Morgan fingerprint density at radius 2 is 1.04 bits per heavy atom. The van der Waals surface area contributed by atoms with Crippen LogP contribution < -0.4 is 4.90 Å². The van der Waals surface area contributed by atoms with Gasteiger partial charge in [0.25, 0.3) is 0 Å². The molecule has 1 heteroatoms. The standard InChI is InChI=1S/C44H37N/c1-3-11-31(12-4-1)36-21-22-43(40-17-8-7-15-37(36)40)45(34-13-5-2-6-14-34)35-19-20-39-38-16-9-10-18-41(38)44(42(39)28-35)32-24-29-23-30(26-32)27-33(44)25-29/h1-22,28-30,32-33H,23-27H2. The molecule has 5 aliphatic rings. The van der Waals surface area contributed by atoms with Gasteiger partial charge in [-0.05, 0) is 125 Å². The van der Waals surface area contributed by atoms with Gasteiger partial charge >= 0.3 is 0 Å². The first-order valence-corrected chi connectivity index (χ1v) is 17.0. The molecule has 4 saturated carbocycles. The van der Waals surface area contributed by atoms with E-state index < -0.39 is 0 Å². The van der Waals surface area contributed by atoms with Crippen LogP contribution in [-0.2, 0) is 5.41 Å². The monoisotopic (exact) mass is 579 g/mol. The van der Waals surface area contributed by atoms with Crippen molar-refractivity contribution < 1.29 is 0 Å². The van der Waals surface area contributed by atoms with E-state index in [0.717, 1.165) is 23.7 Å². The molecule has 0 saturated heterocycles. The molecular weight excluding hydrogens is 542 g/mol. The predicted octanol–water partition coefficient (Wildman–Crippen LogP) is 11.7. The van der Waals surface area contributed by atoms with Gasteiger partial charge < -0.3 is 4.90 Å². The molecular formula is C44H37N. The third-order valence-corrected chi connectivity index (χ3v) is 12.0. The second-order valence-electron chi connectivity index (χ2n) is 14.2. The van der Waals surface area contributed by atoms with Crippen LogP contribution >= 0.6 is 0 Å². The van der Waals surface area contributed by atoms with Gasteiger partial charge in [-0.1, -0.05) is 109 Å². The average Bonchev–Trinajstić information content (AvgIpc) is 3.38. The lowest BCUT2D eigenvalue weighted by atomic mass is 9.43. The van der Waals surface area contributed by atoms with Crippen LogP contribution in [0.2, 0.25) is 0 Å². The van der Waals surface area contributed by atoms with Crippen molar-refractivity contribution in [1.29, 1.82) is 0 Å². The van der Waals surface area contributed by atoms with Gasteiger partial charge in [-0.3, -0.25) is 0 Å². The summed E-state index contributed by atoms with van der Waals surface area (Å²) in [6, 6.07) is 52.3. The lowest BCUT2D eigenvalue weighted by Gasteiger charge is -2.61. The third-order valence-electron chi connectivity index (χ3n) is 12.0. The molecule has 218 valence electrons. The highest BCUT2D eigenvalue weighted by Gasteiger charge is 2.61. The Labute approximate surface area is 266 Å². The molecule has 0 unspecified atom stereocenters. The van der Waals surface area contributed by atoms with Gasteiger partial charge in [0, 0.05) is 22.2 Å². The maximum Gasteiger partial charge on any atom is 0.0540 e. The number of hydrogen-bond acceptors (Lipinski definition) is 1. The Balaban J connectivity index is 1.20. The molecule has 0 atom stereocenters. The fraction of sp³-hybridized carbons (Fsp3) is 0.227.